The highest BCUT2D eigenvalue weighted by molar-refractivity contribution is 9.10. The number of nitrogens with two attached hydrogens (primary N) is 1. The second-order valence-electron chi connectivity index (χ2n) is 5.56. The molecule has 1 saturated heterocycles. The van der Waals surface area contributed by atoms with Gasteiger partial charge in [-0.15, -0.1) is 0 Å². The van der Waals surface area contributed by atoms with Crippen molar-refractivity contribution < 1.29 is 9.47 Å². The molecule has 0 radical (unpaired) electrons. The first-order chi connectivity index (χ1) is 9.65. The van der Waals surface area contributed by atoms with Gasteiger partial charge in [-0.05, 0) is 62.8 Å². The molecule has 20 heavy (non-hydrogen) atoms. The van der Waals surface area contributed by atoms with Crippen LogP contribution in [0.2, 0.25) is 0 Å². The molecule has 1 aromatic rings. The van der Waals surface area contributed by atoms with E-state index in [0.717, 1.165) is 42.7 Å². The predicted octanol–water partition coefficient (Wildman–Crippen LogP) is 3.68. The maximum absolute atomic E-state index is 5.86. The largest absolute Gasteiger partial charge is 0.494 e. The zero-order chi connectivity index (χ0) is 14.4. The third kappa shape index (κ3) is 5.08. The Bertz CT molecular complexity index is 417. The quantitative estimate of drug-likeness (QED) is 0.769. The molecule has 3 nitrogen and oxygen atoms in total. The summed E-state index contributed by atoms with van der Waals surface area (Å²) in [6.45, 7) is 3.69. The van der Waals surface area contributed by atoms with Gasteiger partial charge in [0.15, 0.2) is 0 Å². The van der Waals surface area contributed by atoms with Crippen molar-refractivity contribution in [3.05, 3.63) is 28.2 Å². The highest BCUT2D eigenvalue weighted by Crippen LogP contribution is 2.24. The van der Waals surface area contributed by atoms with Gasteiger partial charge in [0, 0.05) is 17.1 Å². The Balaban J connectivity index is 1.77. The molecule has 1 aliphatic rings. The van der Waals surface area contributed by atoms with E-state index in [1.165, 1.54) is 18.4 Å². The van der Waals surface area contributed by atoms with Crippen molar-refractivity contribution in [2.75, 3.05) is 13.2 Å². The molecule has 1 heterocycles. The summed E-state index contributed by atoms with van der Waals surface area (Å²) in [4.78, 5) is 0. The summed E-state index contributed by atoms with van der Waals surface area (Å²) in [5.74, 6) is 0.927. The van der Waals surface area contributed by atoms with E-state index in [2.05, 4.69) is 22.0 Å². The van der Waals surface area contributed by atoms with Crippen LogP contribution < -0.4 is 10.5 Å². The summed E-state index contributed by atoms with van der Waals surface area (Å²) in [5, 5.41) is 0. The Hall–Kier alpha value is -0.580. The Labute approximate surface area is 130 Å². The van der Waals surface area contributed by atoms with E-state index in [4.69, 9.17) is 15.2 Å². The van der Waals surface area contributed by atoms with E-state index < -0.39 is 0 Å². The van der Waals surface area contributed by atoms with Crippen LogP contribution in [0.1, 0.15) is 38.2 Å². The second-order valence-corrected chi connectivity index (χ2v) is 6.41. The van der Waals surface area contributed by atoms with Gasteiger partial charge >= 0.3 is 0 Å². The van der Waals surface area contributed by atoms with Crippen molar-refractivity contribution >= 4 is 15.9 Å². The number of halogens is 1. The van der Waals surface area contributed by atoms with E-state index in [-0.39, 0.29) is 6.04 Å². The van der Waals surface area contributed by atoms with Crippen molar-refractivity contribution in [1.29, 1.82) is 0 Å². The maximum atomic E-state index is 5.86. The van der Waals surface area contributed by atoms with Crippen LogP contribution in [0.4, 0.5) is 0 Å². The molecule has 1 fully saturated rings. The number of hydrogen-bond acceptors (Lipinski definition) is 3. The van der Waals surface area contributed by atoms with Crippen LogP contribution in [0.15, 0.2) is 22.7 Å². The molecule has 0 saturated carbocycles. The Kier molecular flexibility index (Phi) is 6.33. The SMILES string of the molecule is CC(N)Cc1cc(OCCCC2CCCO2)ccc1Br. The Morgan fingerprint density at radius 2 is 2.35 bits per heavy atom. The number of benzene rings is 1. The van der Waals surface area contributed by atoms with Gasteiger partial charge in [0.05, 0.1) is 12.7 Å². The molecule has 2 atom stereocenters. The van der Waals surface area contributed by atoms with Crippen LogP contribution in [0.5, 0.6) is 5.75 Å². The summed E-state index contributed by atoms with van der Waals surface area (Å²) in [6.07, 6.45) is 5.87. The number of ether oxygens (including phenoxy) is 2. The van der Waals surface area contributed by atoms with Crippen molar-refractivity contribution in [3.8, 4) is 5.75 Å². The Morgan fingerprint density at radius 1 is 1.50 bits per heavy atom. The fourth-order valence-electron chi connectivity index (χ4n) is 2.52. The molecule has 1 aliphatic heterocycles. The summed E-state index contributed by atoms with van der Waals surface area (Å²) in [7, 11) is 0. The van der Waals surface area contributed by atoms with Crippen LogP contribution in [-0.2, 0) is 11.2 Å². The predicted molar refractivity (Wildman–Crippen MR) is 85.2 cm³/mol. The summed E-state index contributed by atoms with van der Waals surface area (Å²) in [5.41, 5.74) is 7.06. The van der Waals surface area contributed by atoms with E-state index in [9.17, 15) is 0 Å². The minimum absolute atomic E-state index is 0.154. The summed E-state index contributed by atoms with van der Waals surface area (Å²) >= 11 is 3.56. The lowest BCUT2D eigenvalue weighted by atomic mass is 10.1. The van der Waals surface area contributed by atoms with Crippen molar-refractivity contribution in [3.63, 3.8) is 0 Å². The van der Waals surface area contributed by atoms with Crippen LogP contribution in [0.3, 0.4) is 0 Å². The zero-order valence-electron chi connectivity index (χ0n) is 12.1. The van der Waals surface area contributed by atoms with E-state index in [1.807, 2.05) is 19.1 Å². The van der Waals surface area contributed by atoms with Gasteiger partial charge in [0.1, 0.15) is 5.75 Å². The topological polar surface area (TPSA) is 44.5 Å². The average molecular weight is 342 g/mol. The normalized spacial score (nSPS) is 20.1. The first-order valence-corrected chi connectivity index (χ1v) is 8.23. The van der Waals surface area contributed by atoms with Crippen molar-refractivity contribution in [1.82, 2.24) is 0 Å². The molecule has 1 aromatic carbocycles. The zero-order valence-corrected chi connectivity index (χ0v) is 13.7. The third-order valence-corrected chi connectivity index (χ3v) is 4.30. The summed E-state index contributed by atoms with van der Waals surface area (Å²) < 4.78 is 12.5. The lowest BCUT2D eigenvalue weighted by Gasteiger charge is -2.12. The molecule has 0 bridgehead atoms. The summed E-state index contributed by atoms with van der Waals surface area (Å²) in [6, 6.07) is 6.27. The van der Waals surface area contributed by atoms with Gasteiger partial charge in [0.2, 0.25) is 0 Å². The molecule has 0 aromatic heterocycles. The standard InChI is InChI=1S/C16H24BrNO2/c1-12(18)10-13-11-15(6-7-16(13)17)20-9-3-5-14-4-2-8-19-14/h6-7,11-12,14H,2-5,8-10,18H2,1H3. The molecule has 0 amide bonds. The monoisotopic (exact) mass is 341 g/mol. The lowest BCUT2D eigenvalue weighted by Crippen LogP contribution is -2.18. The van der Waals surface area contributed by atoms with Gasteiger partial charge in [-0.1, -0.05) is 15.9 Å². The van der Waals surface area contributed by atoms with Crippen LogP contribution >= 0.6 is 15.9 Å². The Morgan fingerprint density at radius 3 is 3.05 bits per heavy atom. The molecule has 0 spiro atoms. The van der Waals surface area contributed by atoms with Crippen molar-refractivity contribution in [2.45, 2.75) is 51.2 Å². The number of hydrogen-bond donors (Lipinski definition) is 1. The lowest BCUT2D eigenvalue weighted by molar-refractivity contribution is 0.0981. The molecule has 2 N–H and O–H groups in total. The molecule has 2 rings (SSSR count). The highest BCUT2D eigenvalue weighted by Gasteiger charge is 2.14. The molecular formula is C16H24BrNO2. The minimum atomic E-state index is 0.154. The van der Waals surface area contributed by atoms with Gasteiger partial charge in [-0.3, -0.25) is 0 Å². The minimum Gasteiger partial charge on any atom is -0.494 e. The molecule has 2 unspecified atom stereocenters. The fourth-order valence-corrected chi connectivity index (χ4v) is 2.93. The van der Waals surface area contributed by atoms with E-state index >= 15 is 0 Å². The smallest absolute Gasteiger partial charge is 0.119 e. The average Bonchev–Trinajstić information content (AvgIpc) is 2.91. The molecular weight excluding hydrogens is 318 g/mol. The van der Waals surface area contributed by atoms with Crippen LogP contribution in [0.25, 0.3) is 0 Å². The van der Waals surface area contributed by atoms with E-state index in [1.54, 1.807) is 0 Å². The second kappa shape index (κ2) is 8.01. The van der Waals surface area contributed by atoms with Crippen LogP contribution in [0, 0.1) is 0 Å². The van der Waals surface area contributed by atoms with Gasteiger partial charge in [0.25, 0.3) is 0 Å². The number of rotatable bonds is 7. The van der Waals surface area contributed by atoms with Gasteiger partial charge in [-0.2, -0.15) is 0 Å². The van der Waals surface area contributed by atoms with E-state index in [0.29, 0.717) is 6.10 Å². The highest BCUT2D eigenvalue weighted by atomic mass is 79.9. The maximum Gasteiger partial charge on any atom is 0.119 e. The fraction of sp³-hybridized carbons (Fsp3) is 0.625. The van der Waals surface area contributed by atoms with Gasteiger partial charge < -0.3 is 15.2 Å². The van der Waals surface area contributed by atoms with Crippen molar-refractivity contribution in [2.24, 2.45) is 5.73 Å². The molecule has 4 heteroatoms. The first-order valence-electron chi connectivity index (χ1n) is 7.43. The first kappa shape index (κ1) is 15.8. The van der Waals surface area contributed by atoms with Gasteiger partial charge in [-0.25, -0.2) is 0 Å². The molecule has 112 valence electrons. The third-order valence-electron chi connectivity index (χ3n) is 3.52. The van der Waals surface area contributed by atoms with Crippen LogP contribution in [-0.4, -0.2) is 25.4 Å². The molecule has 0 aliphatic carbocycles.